The topological polar surface area (TPSA) is 26.0 Å². The third-order valence-corrected chi connectivity index (χ3v) is 1.19. The first-order chi connectivity index (χ1) is 4.92. The summed E-state index contributed by atoms with van der Waals surface area (Å²) >= 11 is 0. The summed E-state index contributed by atoms with van der Waals surface area (Å²) in [6, 6.07) is 0. The van der Waals surface area contributed by atoms with Crippen LogP contribution in [0, 0.1) is 0 Å². The minimum absolute atomic E-state index is 0.0100. The molecule has 0 heterocycles. The molecule has 0 aliphatic carbocycles. The molecule has 0 aliphatic heterocycles. The van der Waals surface area contributed by atoms with Gasteiger partial charge in [-0.3, -0.25) is 0 Å². The maximum atomic E-state index is 11.8. The molecule has 5 heteroatoms. The van der Waals surface area contributed by atoms with Crippen molar-refractivity contribution in [2.45, 2.75) is 38.2 Å². The van der Waals surface area contributed by atoms with Gasteiger partial charge < -0.3 is 5.73 Å². The van der Waals surface area contributed by atoms with Crippen LogP contribution >= 0.6 is 0 Å². The van der Waals surface area contributed by atoms with Crippen LogP contribution in [0.4, 0.5) is 17.6 Å². The van der Waals surface area contributed by atoms with Gasteiger partial charge in [-0.15, -0.1) is 0 Å². The number of rotatable bonds is 4. The molecule has 1 nitrogen and oxygen atoms in total. The van der Waals surface area contributed by atoms with Gasteiger partial charge in [0.15, 0.2) is 0 Å². The van der Waals surface area contributed by atoms with E-state index in [1.807, 2.05) is 0 Å². The molecule has 0 radical (unpaired) electrons. The second-order valence-corrected chi connectivity index (χ2v) is 2.38. The van der Waals surface area contributed by atoms with Gasteiger partial charge in [0.2, 0.25) is 0 Å². The average molecular weight is 173 g/mol. The Balaban J connectivity index is 3.15. The van der Waals surface area contributed by atoms with Crippen LogP contribution in [0.3, 0.4) is 0 Å². The Morgan fingerprint density at radius 3 is 2.09 bits per heavy atom. The van der Waals surface area contributed by atoms with Gasteiger partial charge in [-0.2, -0.15) is 13.2 Å². The minimum atomic E-state index is -4.12. The van der Waals surface area contributed by atoms with E-state index in [-0.39, 0.29) is 19.3 Å². The second-order valence-electron chi connectivity index (χ2n) is 2.38. The summed E-state index contributed by atoms with van der Waals surface area (Å²) in [6.45, 7) is 0. The Hall–Kier alpha value is -0.320. The van der Waals surface area contributed by atoms with Gasteiger partial charge in [-0.05, 0) is 19.3 Å². The SMILES string of the molecule is NC(F)CCCCC(F)(F)F. The van der Waals surface area contributed by atoms with Crippen molar-refractivity contribution in [3.05, 3.63) is 0 Å². The molecule has 0 fully saturated rings. The van der Waals surface area contributed by atoms with Gasteiger partial charge in [0.25, 0.3) is 0 Å². The van der Waals surface area contributed by atoms with E-state index in [4.69, 9.17) is 5.73 Å². The maximum absolute atomic E-state index is 11.8. The highest BCUT2D eigenvalue weighted by Gasteiger charge is 2.25. The van der Waals surface area contributed by atoms with Crippen LogP contribution in [0.25, 0.3) is 0 Å². The first-order valence-electron chi connectivity index (χ1n) is 3.38. The minimum Gasteiger partial charge on any atom is -0.302 e. The van der Waals surface area contributed by atoms with Crippen LogP contribution in [0.5, 0.6) is 0 Å². The quantitative estimate of drug-likeness (QED) is 0.394. The van der Waals surface area contributed by atoms with Crippen molar-refractivity contribution in [3.8, 4) is 0 Å². The van der Waals surface area contributed by atoms with E-state index in [0.29, 0.717) is 0 Å². The van der Waals surface area contributed by atoms with Crippen molar-refractivity contribution in [2.24, 2.45) is 5.73 Å². The predicted molar refractivity (Wildman–Crippen MR) is 33.6 cm³/mol. The van der Waals surface area contributed by atoms with E-state index in [9.17, 15) is 17.6 Å². The highest BCUT2D eigenvalue weighted by Crippen LogP contribution is 2.22. The van der Waals surface area contributed by atoms with E-state index in [1.165, 1.54) is 0 Å². The lowest BCUT2D eigenvalue weighted by Gasteiger charge is -2.05. The van der Waals surface area contributed by atoms with Crippen molar-refractivity contribution in [3.63, 3.8) is 0 Å². The van der Waals surface area contributed by atoms with Crippen LogP contribution in [-0.2, 0) is 0 Å². The molecule has 0 aromatic rings. The van der Waals surface area contributed by atoms with Gasteiger partial charge in [0.1, 0.15) is 6.30 Å². The van der Waals surface area contributed by atoms with Gasteiger partial charge in [0, 0.05) is 6.42 Å². The molecule has 0 rings (SSSR count). The number of nitrogens with two attached hydrogens (primary N) is 1. The third-order valence-electron chi connectivity index (χ3n) is 1.19. The Kier molecular flexibility index (Phi) is 4.40. The third kappa shape index (κ3) is 9.68. The molecule has 2 N–H and O–H groups in total. The second kappa shape index (κ2) is 4.54. The standard InChI is InChI=1S/C6H11F4N/c7-5(11)3-1-2-4-6(8,9)10/h5H,1-4,11H2. The summed E-state index contributed by atoms with van der Waals surface area (Å²) < 4.78 is 46.2. The van der Waals surface area contributed by atoms with E-state index < -0.39 is 18.9 Å². The predicted octanol–water partition coefficient (Wildman–Crippen LogP) is 2.36. The first kappa shape index (κ1) is 10.7. The molecule has 0 saturated heterocycles. The molecular weight excluding hydrogens is 162 g/mol. The van der Waals surface area contributed by atoms with Crippen LogP contribution < -0.4 is 5.73 Å². The maximum Gasteiger partial charge on any atom is 0.389 e. The summed E-state index contributed by atoms with van der Waals surface area (Å²) in [4.78, 5) is 0. The van der Waals surface area contributed by atoms with Crippen molar-refractivity contribution >= 4 is 0 Å². The van der Waals surface area contributed by atoms with Gasteiger partial charge >= 0.3 is 6.18 Å². The van der Waals surface area contributed by atoms with Crippen molar-refractivity contribution in [1.29, 1.82) is 0 Å². The average Bonchev–Trinajstić information content (AvgIpc) is 1.78. The number of halogens is 4. The van der Waals surface area contributed by atoms with Crippen LogP contribution in [0.2, 0.25) is 0 Å². The molecule has 0 spiro atoms. The van der Waals surface area contributed by atoms with E-state index in [1.54, 1.807) is 0 Å². The Morgan fingerprint density at radius 1 is 1.18 bits per heavy atom. The Bertz CT molecular complexity index is 99.2. The molecule has 0 amide bonds. The highest BCUT2D eigenvalue weighted by molar-refractivity contribution is 4.53. The Labute approximate surface area is 62.6 Å². The van der Waals surface area contributed by atoms with Crippen molar-refractivity contribution in [1.82, 2.24) is 0 Å². The molecule has 11 heavy (non-hydrogen) atoms. The molecule has 0 saturated carbocycles. The molecule has 1 atom stereocenters. The fraction of sp³-hybridized carbons (Fsp3) is 1.00. The van der Waals surface area contributed by atoms with Gasteiger partial charge in [0.05, 0.1) is 0 Å². The fourth-order valence-corrected chi connectivity index (χ4v) is 0.665. The lowest BCUT2D eigenvalue weighted by molar-refractivity contribution is -0.135. The van der Waals surface area contributed by atoms with E-state index in [0.717, 1.165) is 0 Å². The van der Waals surface area contributed by atoms with Crippen LogP contribution in [-0.4, -0.2) is 12.5 Å². The highest BCUT2D eigenvalue weighted by atomic mass is 19.4. The largest absolute Gasteiger partial charge is 0.389 e. The number of hydrogen-bond acceptors (Lipinski definition) is 1. The van der Waals surface area contributed by atoms with Gasteiger partial charge in [-0.1, -0.05) is 0 Å². The summed E-state index contributed by atoms with van der Waals surface area (Å²) in [5, 5.41) is 0. The molecule has 0 aromatic carbocycles. The van der Waals surface area contributed by atoms with Crippen molar-refractivity contribution < 1.29 is 17.6 Å². The zero-order valence-corrected chi connectivity index (χ0v) is 5.99. The zero-order valence-electron chi connectivity index (χ0n) is 5.99. The molecule has 0 aromatic heterocycles. The number of alkyl halides is 4. The molecule has 68 valence electrons. The zero-order chi connectivity index (χ0) is 8.91. The van der Waals surface area contributed by atoms with E-state index in [2.05, 4.69) is 0 Å². The van der Waals surface area contributed by atoms with Crippen molar-refractivity contribution in [2.75, 3.05) is 0 Å². The molecular formula is C6H11F4N. The number of hydrogen-bond donors (Lipinski definition) is 1. The van der Waals surface area contributed by atoms with E-state index >= 15 is 0 Å². The lowest BCUT2D eigenvalue weighted by atomic mass is 10.2. The summed E-state index contributed by atoms with van der Waals surface area (Å²) in [5.41, 5.74) is 4.69. The first-order valence-corrected chi connectivity index (χ1v) is 3.38. The molecule has 0 aliphatic rings. The van der Waals surface area contributed by atoms with Gasteiger partial charge in [-0.25, -0.2) is 4.39 Å². The summed E-state index contributed by atoms with van der Waals surface area (Å²) in [6.07, 6.45) is -6.29. The number of unbranched alkanes of at least 4 members (excludes halogenated alkanes) is 1. The van der Waals surface area contributed by atoms with Crippen LogP contribution in [0.15, 0.2) is 0 Å². The smallest absolute Gasteiger partial charge is 0.302 e. The van der Waals surface area contributed by atoms with Crippen LogP contribution in [0.1, 0.15) is 25.7 Å². The normalized spacial score (nSPS) is 15.0. The summed E-state index contributed by atoms with van der Waals surface area (Å²) in [7, 11) is 0. The lowest BCUT2D eigenvalue weighted by Crippen LogP contribution is -2.13. The Morgan fingerprint density at radius 2 is 1.73 bits per heavy atom. The molecule has 0 bridgehead atoms. The molecule has 1 unspecified atom stereocenters. The fourth-order valence-electron chi connectivity index (χ4n) is 0.665. The monoisotopic (exact) mass is 173 g/mol. The summed E-state index contributed by atoms with van der Waals surface area (Å²) in [5.74, 6) is 0.